The zero-order valence-electron chi connectivity index (χ0n) is 5.66. The van der Waals surface area contributed by atoms with Crippen LogP contribution < -0.4 is 0 Å². The second kappa shape index (κ2) is 3.48. The van der Waals surface area contributed by atoms with Crippen LogP contribution in [0.5, 0.6) is 0 Å². The minimum absolute atomic E-state index is 0.0902. The molecule has 0 fully saturated rings. The van der Waals surface area contributed by atoms with Gasteiger partial charge in [-0.15, -0.1) is 0 Å². The number of halogens is 1. The topological polar surface area (TPSA) is 34.1 Å². The zero-order chi connectivity index (χ0) is 8.27. The molecular weight excluding hydrogens is 167 g/mol. The largest absolute Gasteiger partial charge is 0.232 e. The van der Waals surface area contributed by atoms with Crippen molar-refractivity contribution in [2.24, 2.45) is 0 Å². The van der Waals surface area contributed by atoms with Gasteiger partial charge in [0.05, 0.1) is 5.75 Å². The van der Waals surface area contributed by atoms with E-state index in [1.807, 2.05) is 0 Å². The lowest BCUT2D eigenvalue weighted by atomic mass is 10.2. The van der Waals surface area contributed by atoms with Crippen molar-refractivity contribution < 1.29 is 12.8 Å². The van der Waals surface area contributed by atoms with Crippen molar-refractivity contribution in [3.8, 4) is 0 Å². The Bertz CT molecular complexity index is 312. The number of hydrogen-bond donors (Lipinski definition) is 1. The maximum Gasteiger partial charge on any atom is 0.144 e. The molecule has 0 aliphatic rings. The van der Waals surface area contributed by atoms with E-state index in [-0.39, 0.29) is 5.75 Å². The van der Waals surface area contributed by atoms with Crippen LogP contribution in [0.1, 0.15) is 5.56 Å². The van der Waals surface area contributed by atoms with Crippen LogP contribution in [-0.2, 0) is 16.5 Å². The van der Waals surface area contributed by atoms with Gasteiger partial charge in [-0.25, -0.2) is 12.8 Å². The molecule has 0 heterocycles. The quantitative estimate of drug-likeness (QED) is 0.677. The molecule has 0 aromatic heterocycles. The Balaban J connectivity index is 2.87. The van der Waals surface area contributed by atoms with Gasteiger partial charge in [-0.1, -0.05) is 12.1 Å². The molecule has 0 bridgehead atoms. The lowest BCUT2D eigenvalue weighted by Gasteiger charge is -1.92. The monoisotopic (exact) mass is 174 g/mol. The van der Waals surface area contributed by atoms with E-state index in [4.69, 9.17) is 0 Å². The molecule has 11 heavy (non-hydrogen) atoms. The van der Waals surface area contributed by atoms with Gasteiger partial charge in [-0.05, 0) is 17.7 Å². The van der Waals surface area contributed by atoms with E-state index in [0.717, 1.165) is 0 Å². The third-order valence-corrected chi connectivity index (χ3v) is 1.82. The summed E-state index contributed by atoms with van der Waals surface area (Å²) in [5, 5.41) is 0. The average Bonchev–Trinajstić information content (AvgIpc) is 1.85. The fourth-order valence-electron chi connectivity index (χ4n) is 0.784. The number of hydrogen-bond acceptors (Lipinski definition) is 2. The van der Waals surface area contributed by atoms with Gasteiger partial charge >= 0.3 is 0 Å². The van der Waals surface area contributed by atoms with Crippen molar-refractivity contribution in [3.05, 3.63) is 35.6 Å². The van der Waals surface area contributed by atoms with Crippen molar-refractivity contribution in [2.75, 3.05) is 0 Å². The molecule has 0 radical (unpaired) electrons. The first-order valence-electron chi connectivity index (χ1n) is 3.05. The summed E-state index contributed by atoms with van der Waals surface area (Å²) in [6.07, 6.45) is 0. The number of benzene rings is 1. The Kier molecular flexibility index (Phi) is 2.59. The zero-order valence-corrected chi connectivity index (χ0v) is 6.55. The molecule has 4 heteroatoms. The first kappa shape index (κ1) is 8.20. The predicted molar refractivity (Wildman–Crippen MR) is 40.4 cm³/mol. The SMILES string of the molecule is O=[SH](=O)Cc1cccc(F)c1. The molecule has 0 unspecified atom stereocenters. The van der Waals surface area contributed by atoms with E-state index in [9.17, 15) is 12.8 Å². The highest BCUT2D eigenvalue weighted by atomic mass is 32.2. The number of rotatable bonds is 2. The summed E-state index contributed by atoms with van der Waals surface area (Å²) in [4.78, 5) is 0. The summed E-state index contributed by atoms with van der Waals surface area (Å²) >= 11 is 0. The van der Waals surface area contributed by atoms with E-state index in [2.05, 4.69) is 0 Å². The van der Waals surface area contributed by atoms with Gasteiger partial charge in [0.2, 0.25) is 0 Å². The fourth-order valence-corrected chi connectivity index (χ4v) is 1.28. The molecule has 2 nitrogen and oxygen atoms in total. The van der Waals surface area contributed by atoms with Gasteiger partial charge in [-0.2, -0.15) is 0 Å². The molecule has 0 spiro atoms. The molecule has 1 rings (SSSR count). The van der Waals surface area contributed by atoms with Crippen LogP contribution in [-0.4, -0.2) is 8.42 Å². The normalized spacial score (nSPS) is 10.4. The highest BCUT2D eigenvalue weighted by Crippen LogP contribution is 2.03. The van der Waals surface area contributed by atoms with Gasteiger partial charge in [-0.3, -0.25) is 0 Å². The first-order valence-corrected chi connectivity index (χ1v) is 4.41. The van der Waals surface area contributed by atoms with Crippen LogP contribution in [0.2, 0.25) is 0 Å². The van der Waals surface area contributed by atoms with Crippen LogP contribution in [0.25, 0.3) is 0 Å². The van der Waals surface area contributed by atoms with Crippen molar-refractivity contribution >= 4 is 10.7 Å². The maximum atomic E-state index is 12.4. The standard InChI is InChI=1S/C7H7FO2S/c8-7-3-1-2-6(4-7)5-11(9)10/h1-4,11H,5H2. The molecule has 0 saturated carbocycles. The number of thiol groups is 1. The molecule has 1 aromatic carbocycles. The van der Waals surface area contributed by atoms with E-state index in [1.165, 1.54) is 18.2 Å². The van der Waals surface area contributed by atoms with E-state index in [0.29, 0.717) is 5.56 Å². The molecule has 0 aliphatic carbocycles. The lowest BCUT2D eigenvalue weighted by Crippen LogP contribution is -1.86. The minimum Gasteiger partial charge on any atom is -0.232 e. The van der Waals surface area contributed by atoms with Crippen LogP contribution in [0.15, 0.2) is 24.3 Å². The van der Waals surface area contributed by atoms with Crippen LogP contribution >= 0.6 is 0 Å². The summed E-state index contributed by atoms with van der Waals surface area (Å²) in [6, 6.07) is 5.56. The Morgan fingerprint density at radius 2 is 2.09 bits per heavy atom. The van der Waals surface area contributed by atoms with Crippen LogP contribution in [0.3, 0.4) is 0 Å². The molecule has 1 aromatic rings. The highest BCUT2D eigenvalue weighted by molar-refractivity contribution is 7.71. The summed E-state index contributed by atoms with van der Waals surface area (Å²) in [6.45, 7) is 0. The van der Waals surface area contributed by atoms with Crippen molar-refractivity contribution in [2.45, 2.75) is 5.75 Å². The van der Waals surface area contributed by atoms with Crippen molar-refractivity contribution in [1.29, 1.82) is 0 Å². The summed E-state index contributed by atoms with van der Waals surface area (Å²) < 4.78 is 32.8. The molecule has 60 valence electrons. The van der Waals surface area contributed by atoms with Gasteiger partial charge in [0.25, 0.3) is 0 Å². The van der Waals surface area contributed by atoms with Crippen LogP contribution in [0, 0.1) is 5.82 Å². The minimum atomic E-state index is -2.46. The molecule has 0 atom stereocenters. The van der Waals surface area contributed by atoms with Gasteiger partial charge in [0, 0.05) is 0 Å². The summed E-state index contributed by atoms with van der Waals surface area (Å²) in [5.74, 6) is -0.494. The molecule has 0 aliphatic heterocycles. The summed E-state index contributed by atoms with van der Waals surface area (Å²) in [5.41, 5.74) is 0.487. The molecule has 0 saturated heterocycles. The van der Waals surface area contributed by atoms with Gasteiger partial charge in [0.1, 0.15) is 16.5 Å². The second-order valence-electron chi connectivity index (χ2n) is 2.12. The maximum absolute atomic E-state index is 12.4. The molecule has 0 amide bonds. The third-order valence-electron chi connectivity index (χ3n) is 1.20. The molecular formula is C7H7FO2S. The van der Waals surface area contributed by atoms with E-state index >= 15 is 0 Å². The Labute approximate surface area is 65.6 Å². The van der Waals surface area contributed by atoms with Crippen LogP contribution in [0.4, 0.5) is 4.39 Å². The first-order chi connectivity index (χ1) is 5.18. The van der Waals surface area contributed by atoms with E-state index < -0.39 is 16.5 Å². The Morgan fingerprint density at radius 3 is 2.64 bits per heavy atom. The van der Waals surface area contributed by atoms with Gasteiger partial charge < -0.3 is 0 Å². The molecule has 0 N–H and O–H groups in total. The Hall–Kier alpha value is -0.900. The Morgan fingerprint density at radius 1 is 1.36 bits per heavy atom. The van der Waals surface area contributed by atoms with E-state index in [1.54, 1.807) is 6.07 Å². The lowest BCUT2D eigenvalue weighted by molar-refractivity contribution is 0.612. The third kappa shape index (κ3) is 2.67. The van der Waals surface area contributed by atoms with Crippen molar-refractivity contribution in [1.82, 2.24) is 0 Å². The second-order valence-corrected chi connectivity index (χ2v) is 3.10. The van der Waals surface area contributed by atoms with Crippen molar-refractivity contribution in [3.63, 3.8) is 0 Å². The fraction of sp³-hybridized carbons (Fsp3) is 0.143. The van der Waals surface area contributed by atoms with Gasteiger partial charge in [0.15, 0.2) is 0 Å². The average molecular weight is 174 g/mol. The smallest absolute Gasteiger partial charge is 0.144 e. The predicted octanol–water partition coefficient (Wildman–Crippen LogP) is 0.937. The highest BCUT2D eigenvalue weighted by Gasteiger charge is 1.94. The summed E-state index contributed by atoms with van der Waals surface area (Å²) in [7, 11) is -2.46.